The highest BCUT2D eigenvalue weighted by atomic mass is 35.5. The number of ether oxygens (including phenoxy) is 2. The second-order valence-electron chi connectivity index (χ2n) is 5.01. The zero-order valence-corrected chi connectivity index (χ0v) is 13.7. The van der Waals surface area contributed by atoms with Crippen LogP contribution >= 0.6 is 23.2 Å². The number of rotatable bonds is 7. The summed E-state index contributed by atoms with van der Waals surface area (Å²) in [5.41, 5.74) is 1.37. The highest BCUT2D eigenvalue weighted by Crippen LogP contribution is 2.28. The zero-order valence-electron chi connectivity index (χ0n) is 12.2. The van der Waals surface area contributed by atoms with Crippen molar-refractivity contribution in [2.45, 2.75) is 12.5 Å². The van der Waals surface area contributed by atoms with Gasteiger partial charge >= 0.3 is 0 Å². The maximum atomic E-state index is 6.00. The second-order valence-corrected chi connectivity index (χ2v) is 5.73. The molecule has 22 heavy (non-hydrogen) atoms. The molecular weight excluding hydrogens is 329 g/mol. The van der Waals surface area contributed by atoms with E-state index in [4.69, 9.17) is 32.7 Å². The number of hydrogen-bond donors (Lipinski definition) is 1. The fraction of sp³-hybridized carbons (Fsp3) is 0.615. The second kappa shape index (κ2) is 6.95. The van der Waals surface area contributed by atoms with E-state index in [1.54, 1.807) is 7.11 Å². The lowest BCUT2D eigenvalue weighted by molar-refractivity contribution is 0.0784. The minimum absolute atomic E-state index is 0.194. The van der Waals surface area contributed by atoms with Crippen LogP contribution in [0.15, 0.2) is 0 Å². The van der Waals surface area contributed by atoms with Crippen molar-refractivity contribution < 1.29 is 9.47 Å². The Labute approximate surface area is 137 Å². The monoisotopic (exact) mass is 345 g/mol. The van der Waals surface area contributed by atoms with E-state index in [1.807, 2.05) is 0 Å². The van der Waals surface area contributed by atoms with Gasteiger partial charge < -0.3 is 19.4 Å². The molecule has 3 heterocycles. The molecule has 0 saturated carbocycles. The predicted molar refractivity (Wildman–Crippen MR) is 84.9 cm³/mol. The molecule has 7 nitrogen and oxygen atoms in total. The van der Waals surface area contributed by atoms with E-state index in [0.717, 1.165) is 30.2 Å². The Bertz CT molecular complexity index is 645. The largest absolute Gasteiger partial charge is 0.380 e. The molecule has 3 rings (SSSR count). The lowest BCUT2D eigenvalue weighted by Crippen LogP contribution is -2.52. The Morgan fingerprint density at radius 2 is 2.09 bits per heavy atom. The number of halogens is 2. The molecule has 1 N–H and O–H groups in total. The summed E-state index contributed by atoms with van der Waals surface area (Å²) in [7, 11) is 1.71. The number of nitrogens with zero attached hydrogens (tertiary/aromatic N) is 4. The lowest BCUT2D eigenvalue weighted by Gasteiger charge is -2.38. The third kappa shape index (κ3) is 3.27. The standard InChI is InChI=1S/C13H17Cl2N5O2/c1-21-8-6-20(7-8)12-10-11(18-13(15)19-12)17-9(16-10)2-4-22-5-3-14/h8H,2-7H2,1H3,(H,16,17,18,19). The fourth-order valence-electron chi connectivity index (χ4n) is 2.34. The van der Waals surface area contributed by atoms with Crippen LogP contribution in [0.5, 0.6) is 0 Å². The van der Waals surface area contributed by atoms with Gasteiger partial charge in [0.25, 0.3) is 0 Å². The van der Waals surface area contributed by atoms with Crippen LogP contribution in [0.3, 0.4) is 0 Å². The van der Waals surface area contributed by atoms with Crippen LogP contribution in [-0.4, -0.2) is 65.3 Å². The van der Waals surface area contributed by atoms with Gasteiger partial charge in [-0.25, -0.2) is 4.98 Å². The molecule has 0 radical (unpaired) electrons. The van der Waals surface area contributed by atoms with Gasteiger partial charge in [-0.1, -0.05) is 0 Å². The number of alkyl halides is 1. The summed E-state index contributed by atoms with van der Waals surface area (Å²) in [4.78, 5) is 18.3. The lowest BCUT2D eigenvalue weighted by atomic mass is 10.1. The number of fused-ring (bicyclic) bond motifs is 1. The number of imidazole rings is 1. The SMILES string of the molecule is COC1CN(c2nc(Cl)nc3nc(CCOCCCl)[nH]c23)C1. The van der Waals surface area contributed by atoms with Crippen molar-refractivity contribution in [1.82, 2.24) is 19.9 Å². The average Bonchev–Trinajstić information content (AvgIpc) is 2.85. The topological polar surface area (TPSA) is 76.2 Å². The summed E-state index contributed by atoms with van der Waals surface area (Å²) in [6, 6.07) is 0. The van der Waals surface area contributed by atoms with Crippen LogP contribution in [0.1, 0.15) is 5.82 Å². The number of nitrogens with one attached hydrogen (secondary N) is 1. The third-order valence-electron chi connectivity index (χ3n) is 3.54. The molecule has 2 aromatic rings. The van der Waals surface area contributed by atoms with Crippen LogP contribution in [-0.2, 0) is 15.9 Å². The van der Waals surface area contributed by atoms with Crippen LogP contribution in [0.4, 0.5) is 5.82 Å². The minimum Gasteiger partial charge on any atom is -0.380 e. The Kier molecular flexibility index (Phi) is 4.97. The van der Waals surface area contributed by atoms with E-state index < -0.39 is 0 Å². The molecule has 0 atom stereocenters. The van der Waals surface area contributed by atoms with Crippen molar-refractivity contribution in [1.29, 1.82) is 0 Å². The van der Waals surface area contributed by atoms with Crippen LogP contribution in [0, 0.1) is 0 Å². The molecule has 1 aliphatic heterocycles. The van der Waals surface area contributed by atoms with E-state index in [0.29, 0.717) is 31.2 Å². The smallest absolute Gasteiger partial charge is 0.226 e. The van der Waals surface area contributed by atoms with E-state index >= 15 is 0 Å². The fourth-order valence-corrected chi connectivity index (χ4v) is 2.61. The maximum Gasteiger partial charge on any atom is 0.226 e. The molecule has 2 aromatic heterocycles. The van der Waals surface area contributed by atoms with E-state index in [2.05, 4.69) is 24.8 Å². The first-order valence-electron chi connectivity index (χ1n) is 7.05. The van der Waals surface area contributed by atoms with Crippen LogP contribution in [0.25, 0.3) is 11.2 Å². The van der Waals surface area contributed by atoms with Crippen molar-refractivity contribution in [3.63, 3.8) is 0 Å². The highest BCUT2D eigenvalue weighted by Gasteiger charge is 2.30. The van der Waals surface area contributed by atoms with Gasteiger partial charge in [-0.2, -0.15) is 9.97 Å². The molecule has 1 saturated heterocycles. The van der Waals surface area contributed by atoms with Crippen molar-refractivity contribution in [2.75, 3.05) is 44.2 Å². The number of aromatic nitrogens is 4. The molecule has 0 amide bonds. The van der Waals surface area contributed by atoms with Gasteiger partial charge in [0.15, 0.2) is 11.5 Å². The van der Waals surface area contributed by atoms with Crippen LogP contribution < -0.4 is 4.90 Å². The van der Waals surface area contributed by atoms with E-state index in [9.17, 15) is 0 Å². The number of H-pyrrole nitrogens is 1. The average molecular weight is 346 g/mol. The first kappa shape index (κ1) is 15.7. The molecule has 0 aliphatic carbocycles. The summed E-state index contributed by atoms with van der Waals surface area (Å²) < 4.78 is 10.7. The molecule has 120 valence electrons. The Balaban J connectivity index is 1.78. The van der Waals surface area contributed by atoms with Gasteiger partial charge in [0.05, 0.1) is 19.3 Å². The van der Waals surface area contributed by atoms with Crippen molar-refractivity contribution in [3.05, 3.63) is 11.1 Å². The number of methoxy groups -OCH3 is 1. The summed E-state index contributed by atoms with van der Waals surface area (Å²) in [6.07, 6.45) is 0.889. The normalized spacial score (nSPS) is 15.5. The summed E-state index contributed by atoms with van der Waals surface area (Å²) >= 11 is 11.6. The van der Waals surface area contributed by atoms with E-state index in [1.165, 1.54) is 0 Å². The number of hydrogen-bond acceptors (Lipinski definition) is 6. The molecule has 1 fully saturated rings. The molecule has 0 spiro atoms. The summed E-state index contributed by atoms with van der Waals surface area (Å²) in [6.45, 7) is 2.65. The Morgan fingerprint density at radius 3 is 2.82 bits per heavy atom. The summed E-state index contributed by atoms with van der Waals surface area (Å²) in [5, 5.41) is 0.194. The van der Waals surface area contributed by atoms with Gasteiger partial charge in [0, 0.05) is 32.5 Å². The minimum atomic E-state index is 0.194. The molecule has 0 bridgehead atoms. The molecule has 0 unspecified atom stereocenters. The first-order chi connectivity index (χ1) is 10.7. The van der Waals surface area contributed by atoms with Gasteiger partial charge in [-0.05, 0) is 11.6 Å². The highest BCUT2D eigenvalue weighted by molar-refractivity contribution is 6.28. The van der Waals surface area contributed by atoms with Gasteiger partial charge in [-0.3, -0.25) is 0 Å². The van der Waals surface area contributed by atoms with Gasteiger partial charge in [0.2, 0.25) is 5.28 Å². The first-order valence-corrected chi connectivity index (χ1v) is 7.96. The van der Waals surface area contributed by atoms with E-state index in [-0.39, 0.29) is 11.4 Å². The Hall–Kier alpha value is -1.15. The van der Waals surface area contributed by atoms with Crippen molar-refractivity contribution in [2.24, 2.45) is 0 Å². The maximum absolute atomic E-state index is 6.00. The molecule has 0 aromatic carbocycles. The van der Waals surface area contributed by atoms with Gasteiger partial charge in [0.1, 0.15) is 11.3 Å². The van der Waals surface area contributed by atoms with Crippen LogP contribution in [0.2, 0.25) is 5.28 Å². The van der Waals surface area contributed by atoms with Gasteiger partial charge in [-0.15, -0.1) is 11.6 Å². The molecule has 9 heteroatoms. The quantitative estimate of drug-likeness (QED) is 0.467. The Morgan fingerprint density at radius 1 is 1.27 bits per heavy atom. The van der Waals surface area contributed by atoms with Crippen molar-refractivity contribution in [3.8, 4) is 0 Å². The molecule has 1 aliphatic rings. The predicted octanol–water partition coefficient (Wildman–Crippen LogP) is 1.64. The third-order valence-corrected chi connectivity index (χ3v) is 3.86. The van der Waals surface area contributed by atoms with Crippen molar-refractivity contribution >= 4 is 40.2 Å². The number of aromatic amines is 1. The summed E-state index contributed by atoms with van der Waals surface area (Å²) in [5.74, 6) is 2.05. The number of anilines is 1. The zero-order chi connectivity index (χ0) is 15.5. The molecular formula is C13H17Cl2N5O2.